The molecule has 9 nitrogen and oxygen atoms in total. The molecule has 2 aliphatic rings. The Balaban J connectivity index is 1.68. The van der Waals surface area contributed by atoms with Crippen LogP contribution in [0.15, 0.2) is 12.3 Å². The maximum absolute atomic E-state index is 16.5. The predicted molar refractivity (Wildman–Crippen MR) is 130 cm³/mol. The van der Waals surface area contributed by atoms with Crippen LogP contribution in [0, 0.1) is 5.82 Å². The van der Waals surface area contributed by atoms with E-state index in [1.165, 1.54) is 20.4 Å². The highest BCUT2D eigenvalue weighted by Gasteiger charge is 2.49. The summed E-state index contributed by atoms with van der Waals surface area (Å²) in [5, 5.41) is 7.87. The van der Waals surface area contributed by atoms with Crippen molar-refractivity contribution in [2.24, 2.45) is 0 Å². The van der Waals surface area contributed by atoms with E-state index in [-0.39, 0.29) is 52.1 Å². The van der Waals surface area contributed by atoms with Crippen LogP contribution in [0.4, 0.5) is 14.6 Å². The summed E-state index contributed by atoms with van der Waals surface area (Å²) in [5.41, 5.74) is -0.889. The highest BCUT2D eigenvalue weighted by atomic mass is 35.5. The smallest absolute Gasteiger partial charge is 0.318 e. The standard InChI is InChI=1S/C24H23ClF2N6O3/c1-34-22-16-20(30-23(35-2)31-21(16)33-6-3-8-36-9-7-33)18(26)19(29-22)15-12-11-28-32-14(12)10-13(25)17(15)24(27)4-5-24/h10-11H,3-9H2,1-2H3,(H,28,32). The number of nitrogens with zero attached hydrogens (tertiary/aromatic N) is 5. The third-order valence-corrected chi connectivity index (χ3v) is 6.98. The van der Waals surface area contributed by atoms with Gasteiger partial charge in [-0.3, -0.25) is 5.10 Å². The van der Waals surface area contributed by atoms with Crippen molar-refractivity contribution in [3.63, 3.8) is 0 Å². The van der Waals surface area contributed by atoms with Gasteiger partial charge < -0.3 is 19.1 Å². The largest absolute Gasteiger partial charge is 0.480 e. The fourth-order valence-corrected chi connectivity index (χ4v) is 5.17. The summed E-state index contributed by atoms with van der Waals surface area (Å²) >= 11 is 6.54. The van der Waals surface area contributed by atoms with Gasteiger partial charge in [-0.05, 0) is 25.3 Å². The average molecular weight is 517 g/mol. The van der Waals surface area contributed by atoms with E-state index in [0.717, 1.165) is 6.42 Å². The monoisotopic (exact) mass is 516 g/mol. The van der Waals surface area contributed by atoms with E-state index in [4.69, 9.17) is 25.8 Å². The van der Waals surface area contributed by atoms with Crippen LogP contribution in [0.1, 0.15) is 24.8 Å². The summed E-state index contributed by atoms with van der Waals surface area (Å²) in [6.07, 6.45) is 2.85. The number of ether oxygens (including phenoxy) is 3. The number of pyridine rings is 1. The minimum absolute atomic E-state index is 0.00954. The number of fused-ring (bicyclic) bond motifs is 2. The van der Waals surface area contributed by atoms with E-state index in [0.29, 0.717) is 48.4 Å². The lowest BCUT2D eigenvalue weighted by molar-refractivity contribution is 0.152. The van der Waals surface area contributed by atoms with E-state index in [2.05, 4.69) is 25.1 Å². The van der Waals surface area contributed by atoms with Crippen LogP contribution in [-0.2, 0) is 10.4 Å². The van der Waals surface area contributed by atoms with Gasteiger partial charge in [-0.1, -0.05) is 11.6 Å². The lowest BCUT2D eigenvalue weighted by Crippen LogP contribution is -2.27. The van der Waals surface area contributed by atoms with Gasteiger partial charge in [-0.15, -0.1) is 0 Å². The lowest BCUT2D eigenvalue weighted by Gasteiger charge is -2.24. The van der Waals surface area contributed by atoms with E-state index < -0.39 is 11.5 Å². The summed E-state index contributed by atoms with van der Waals surface area (Å²) in [6, 6.07) is 1.59. The number of nitrogens with one attached hydrogen (secondary N) is 1. The number of hydrogen-bond donors (Lipinski definition) is 1. The van der Waals surface area contributed by atoms with Crippen LogP contribution in [0.25, 0.3) is 33.1 Å². The topological polar surface area (TPSA) is 98.3 Å². The molecule has 1 aromatic carbocycles. The molecule has 0 radical (unpaired) electrons. The first-order chi connectivity index (χ1) is 17.4. The maximum atomic E-state index is 16.5. The third-order valence-electron chi connectivity index (χ3n) is 6.68. The molecule has 0 bridgehead atoms. The number of methoxy groups -OCH3 is 2. The summed E-state index contributed by atoms with van der Waals surface area (Å²) in [7, 11) is 2.85. The van der Waals surface area contributed by atoms with E-state index in [1.54, 1.807) is 6.07 Å². The molecule has 12 heteroatoms. The van der Waals surface area contributed by atoms with Gasteiger partial charge in [0.1, 0.15) is 28.1 Å². The van der Waals surface area contributed by atoms with Gasteiger partial charge in [-0.25, -0.2) is 13.8 Å². The molecule has 188 valence electrons. The number of benzene rings is 1. The minimum Gasteiger partial charge on any atom is -0.480 e. The fourth-order valence-electron chi connectivity index (χ4n) is 4.80. The lowest BCUT2D eigenvalue weighted by atomic mass is 9.94. The molecule has 6 rings (SSSR count). The zero-order valence-electron chi connectivity index (χ0n) is 19.7. The predicted octanol–water partition coefficient (Wildman–Crippen LogP) is 4.56. The number of rotatable bonds is 5. The normalized spacial score (nSPS) is 17.4. The Morgan fingerprint density at radius 3 is 2.72 bits per heavy atom. The second-order valence-electron chi connectivity index (χ2n) is 8.90. The summed E-state index contributed by atoms with van der Waals surface area (Å²) in [4.78, 5) is 15.4. The molecular weight excluding hydrogens is 494 g/mol. The molecule has 0 amide bonds. The molecule has 1 N–H and O–H groups in total. The maximum Gasteiger partial charge on any atom is 0.318 e. The molecule has 0 spiro atoms. The average Bonchev–Trinajstić information content (AvgIpc) is 3.55. The van der Waals surface area contributed by atoms with Gasteiger partial charge in [0.15, 0.2) is 5.82 Å². The highest BCUT2D eigenvalue weighted by Crippen LogP contribution is 2.56. The van der Waals surface area contributed by atoms with Gasteiger partial charge >= 0.3 is 6.01 Å². The van der Waals surface area contributed by atoms with Crippen molar-refractivity contribution < 1.29 is 23.0 Å². The van der Waals surface area contributed by atoms with Crippen molar-refractivity contribution in [3.8, 4) is 23.1 Å². The van der Waals surface area contributed by atoms with Crippen LogP contribution in [-0.4, -0.2) is 65.7 Å². The second kappa shape index (κ2) is 8.67. The molecule has 4 heterocycles. The Labute approximate surface area is 209 Å². The van der Waals surface area contributed by atoms with Crippen molar-refractivity contribution in [2.75, 3.05) is 45.4 Å². The number of hydrogen-bond acceptors (Lipinski definition) is 8. The van der Waals surface area contributed by atoms with Gasteiger partial charge in [0.2, 0.25) is 5.88 Å². The van der Waals surface area contributed by atoms with Crippen LogP contribution < -0.4 is 14.4 Å². The first-order valence-electron chi connectivity index (χ1n) is 11.6. The Morgan fingerprint density at radius 1 is 1.14 bits per heavy atom. The zero-order chi connectivity index (χ0) is 25.0. The highest BCUT2D eigenvalue weighted by molar-refractivity contribution is 6.33. The fraction of sp³-hybridized carbons (Fsp3) is 0.417. The van der Waals surface area contributed by atoms with Crippen molar-refractivity contribution >= 4 is 39.2 Å². The van der Waals surface area contributed by atoms with Crippen LogP contribution in [0.3, 0.4) is 0 Å². The van der Waals surface area contributed by atoms with E-state index in [1.807, 2.05) is 4.90 Å². The molecule has 1 aliphatic carbocycles. The van der Waals surface area contributed by atoms with Crippen molar-refractivity contribution in [2.45, 2.75) is 24.9 Å². The van der Waals surface area contributed by atoms with Crippen LogP contribution >= 0.6 is 11.6 Å². The number of aromatic amines is 1. The Morgan fingerprint density at radius 2 is 1.97 bits per heavy atom. The van der Waals surface area contributed by atoms with Gasteiger partial charge in [0.05, 0.1) is 32.5 Å². The molecule has 3 aromatic heterocycles. The molecule has 0 atom stereocenters. The molecule has 0 unspecified atom stereocenters. The SMILES string of the molecule is COc1nc(N2CCCOCC2)c2c(OC)nc(-c3c(C4(F)CC4)c(Cl)cc4[nH]ncc34)c(F)c2n1. The number of alkyl halides is 1. The van der Waals surface area contributed by atoms with Gasteiger partial charge in [-0.2, -0.15) is 15.1 Å². The first-order valence-corrected chi connectivity index (χ1v) is 12.0. The zero-order valence-corrected chi connectivity index (χ0v) is 20.5. The molecule has 1 saturated carbocycles. The second-order valence-corrected chi connectivity index (χ2v) is 9.31. The molecule has 36 heavy (non-hydrogen) atoms. The third kappa shape index (κ3) is 3.60. The van der Waals surface area contributed by atoms with Crippen molar-refractivity contribution in [3.05, 3.63) is 28.7 Å². The number of anilines is 1. The summed E-state index contributed by atoms with van der Waals surface area (Å²) < 4.78 is 48.6. The van der Waals surface area contributed by atoms with Gasteiger partial charge in [0.25, 0.3) is 0 Å². The van der Waals surface area contributed by atoms with Crippen molar-refractivity contribution in [1.82, 2.24) is 25.1 Å². The number of halogens is 3. The number of aromatic nitrogens is 5. The molecule has 1 aliphatic heterocycles. The Hall–Kier alpha value is -3.31. The van der Waals surface area contributed by atoms with Crippen molar-refractivity contribution in [1.29, 1.82) is 0 Å². The molecular formula is C24H23ClF2N6O3. The molecule has 1 saturated heterocycles. The Kier molecular flexibility index (Phi) is 5.56. The number of H-pyrrole nitrogens is 1. The van der Waals surface area contributed by atoms with Gasteiger partial charge in [0, 0.05) is 41.2 Å². The Bertz CT molecular complexity index is 1480. The minimum atomic E-state index is -1.67. The van der Waals surface area contributed by atoms with Crippen LogP contribution in [0.5, 0.6) is 11.9 Å². The van der Waals surface area contributed by atoms with Crippen LogP contribution in [0.2, 0.25) is 5.02 Å². The molecule has 2 fully saturated rings. The summed E-state index contributed by atoms with van der Waals surface area (Å²) in [6.45, 7) is 2.29. The first kappa shape index (κ1) is 23.1. The molecule has 4 aromatic rings. The van der Waals surface area contributed by atoms with E-state index >= 15 is 8.78 Å². The quantitative estimate of drug-likeness (QED) is 0.412. The van der Waals surface area contributed by atoms with E-state index in [9.17, 15) is 0 Å². The summed E-state index contributed by atoms with van der Waals surface area (Å²) in [5.74, 6) is -0.217.